The highest BCUT2D eigenvalue weighted by atomic mass is 16.2. The molecule has 3 heterocycles. The molecule has 2 aliphatic rings. The summed E-state index contributed by atoms with van der Waals surface area (Å²) < 4.78 is 2.34. The van der Waals surface area contributed by atoms with Crippen LogP contribution in [0.5, 0.6) is 0 Å². The average molecular weight is 345 g/mol. The van der Waals surface area contributed by atoms with Gasteiger partial charge in [-0.15, -0.1) is 0 Å². The first-order valence-electron chi connectivity index (χ1n) is 8.62. The van der Waals surface area contributed by atoms with Crippen molar-refractivity contribution in [1.82, 2.24) is 14.0 Å². The molecule has 2 saturated heterocycles. The van der Waals surface area contributed by atoms with Gasteiger partial charge in [-0.2, -0.15) is 5.26 Å². The Morgan fingerprint density at radius 1 is 1.08 bits per heavy atom. The fourth-order valence-electron chi connectivity index (χ4n) is 4.31. The molecule has 0 saturated carbocycles. The van der Waals surface area contributed by atoms with E-state index >= 15 is 0 Å². The molecule has 0 aromatic carbocycles. The smallest absolute Gasteiger partial charge is 0.332 e. The molecule has 134 valence electrons. The maximum atomic E-state index is 12.4. The number of carbonyl (C=O) groups is 1. The quantitative estimate of drug-likeness (QED) is 0.749. The van der Waals surface area contributed by atoms with Gasteiger partial charge in [-0.25, -0.2) is 4.79 Å². The number of aromatic nitrogens is 2. The van der Waals surface area contributed by atoms with E-state index in [1.54, 1.807) is 14.0 Å². The van der Waals surface area contributed by atoms with E-state index in [-0.39, 0.29) is 23.6 Å². The van der Waals surface area contributed by atoms with Gasteiger partial charge in [-0.1, -0.05) is 0 Å². The number of anilines is 1. The zero-order chi connectivity index (χ0) is 18.3. The van der Waals surface area contributed by atoms with Gasteiger partial charge in [0.15, 0.2) is 5.56 Å². The third-order valence-electron chi connectivity index (χ3n) is 5.46. The third kappa shape index (κ3) is 2.64. The molecule has 0 radical (unpaired) electrons. The topological polar surface area (TPSA) is 91.3 Å². The normalized spacial score (nSPS) is 23.1. The Balaban J connectivity index is 2.10. The van der Waals surface area contributed by atoms with Gasteiger partial charge >= 0.3 is 5.69 Å². The average Bonchev–Trinajstić information content (AvgIpc) is 3.24. The minimum absolute atomic E-state index is 0.0103. The Labute approximate surface area is 145 Å². The number of likely N-dealkylation sites (tertiary alicyclic amines) is 1. The molecule has 0 aliphatic carbocycles. The monoisotopic (exact) mass is 345 g/mol. The van der Waals surface area contributed by atoms with Crippen LogP contribution in [0.4, 0.5) is 5.82 Å². The zero-order valence-electron chi connectivity index (χ0n) is 14.9. The van der Waals surface area contributed by atoms with Crippen LogP contribution in [-0.4, -0.2) is 45.1 Å². The summed E-state index contributed by atoms with van der Waals surface area (Å²) in [4.78, 5) is 40.6. The summed E-state index contributed by atoms with van der Waals surface area (Å²) in [5.74, 6) is 0.432. The lowest BCUT2D eigenvalue weighted by Crippen LogP contribution is -2.50. The van der Waals surface area contributed by atoms with Crippen molar-refractivity contribution in [3.63, 3.8) is 0 Å². The molecular weight excluding hydrogens is 322 g/mol. The summed E-state index contributed by atoms with van der Waals surface area (Å²) in [6, 6.07) is 2.06. The number of hydrogen-bond donors (Lipinski definition) is 0. The highest BCUT2D eigenvalue weighted by Gasteiger charge is 2.40. The Bertz CT molecular complexity index is 863. The summed E-state index contributed by atoms with van der Waals surface area (Å²) in [5.41, 5.74) is -1.02. The van der Waals surface area contributed by atoms with E-state index in [0.29, 0.717) is 12.4 Å². The van der Waals surface area contributed by atoms with Gasteiger partial charge < -0.3 is 9.80 Å². The van der Waals surface area contributed by atoms with Gasteiger partial charge in [0.05, 0.1) is 12.1 Å². The highest BCUT2D eigenvalue weighted by Crippen LogP contribution is 2.33. The van der Waals surface area contributed by atoms with Gasteiger partial charge in [0.1, 0.15) is 11.9 Å². The van der Waals surface area contributed by atoms with E-state index in [2.05, 4.69) is 0 Å². The first-order chi connectivity index (χ1) is 11.9. The summed E-state index contributed by atoms with van der Waals surface area (Å²) in [7, 11) is 2.97. The second-order valence-corrected chi connectivity index (χ2v) is 6.84. The fraction of sp³-hybridized carbons (Fsp3) is 0.647. The molecule has 0 bridgehead atoms. The van der Waals surface area contributed by atoms with Gasteiger partial charge in [0.2, 0.25) is 5.91 Å². The van der Waals surface area contributed by atoms with Gasteiger partial charge in [-0.3, -0.25) is 18.7 Å². The Morgan fingerprint density at radius 3 is 2.36 bits per heavy atom. The second kappa shape index (κ2) is 6.39. The highest BCUT2D eigenvalue weighted by molar-refractivity contribution is 5.74. The Hall–Kier alpha value is -2.56. The number of carbonyl (C=O) groups excluding carboxylic acids is 1. The Morgan fingerprint density at radius 2 is 1.72 bits per heavy atom. The second-order valence-electron chi connectivity index (χ2n) is 6.84. The van der Waals surface area contributed by atoms with Gasteiger partial charge in [-0.05, 0) is 25.7 Å². The maximum absolute atomic E-state index is 12.4. The lowest BCUT2D eigenvalue weighted by molar-refractivity contribution is -0.129. The van der Waals surface area contributed by atoms with Crippen LogP contribution in [-0.2, 0) is 18.9 Å². The van der Waals surface area contributed by atoms with Crippen LogP contribution in [0.3, 0.4) is 0 Å². The van der Waals surface area contributed by atoms with E-state index in [1.807, 2.05) is 15.9 Å². The van der Waals surface area contributed by atoms with Gasteiger partial charge in [0.25, 0.3) is 5.56 Å². The van der Waals surface area contributed by atoms with Crippen molar-refractivity contribution in [3.05, 3.63) is 26.4 Å². The van der Waals surface area contributed by atoms with Crippen molar-refractivity contribution >= 4 is 11.7 Å². The van der Waals surface area contributed by atoms with Crippen LogP contribution in [0.15, 0.2) is 9.59 Å². The molecule has 1 aromatic heterocycles. The molecular formula is C17H23N5O3. The largest absolute Gasteiger partial charge is 0.352 e. The minimum atomic E-state index is -0.568. The van der Waals surface area contributed by atoms with Crippen molar-refractivity contribution in [2.75, 3.05) is 18.0 Å². The lowest BCUT2D eigenvalue weighted by atomic mass is 10.0. The van der Waals surface area contributed by atoms with Crippen LogP contribution in [0.1, 0.15) is 38.2 Å². The molecule has 0 N–H and O–H groups in total. The van der Waals surface area contributed by atoms with E-state index in [1.165, 1.54) is 11.6 Å². The van der Waals surface area contributed by atoms with Crippen LogP contribution >= 0.6 is 0 Å². The fourth-order valence-corrected chi connectivity index (χ4v) is 4.31. The molecule has 1 amide bonds. The van der Waals surface area contributed by atoms with Crippen LogP contribution in [0, 0.1) is 11.3 Å². The molecule has 0 unspecified atom stereocenters. The molecule has 0 spiro atoms. The molecule has 2 aliphatic heterocycles. The zero-order valence-corrected chi connectivity index (χ0v) is 14.9. The van der Waals surface area contributed by atoms with E-state index < -0.39 is 11.2 Å². The first-order valence-corrected chi connectivity index (χ1v) is 8.62. The van der Waals surface area contributed by atoms with Crippen molar-refractivity contribution in [2.24, 2.45) is 14.1 Å². The predicted molar refractivity (Wildman–Crippen MR) is 92.4 cm³/mol. The van der Waals surface area contributed by atoms with Crippen LogP contribution < -0.4 is 16.1 Å². The maximum Gasteiger partial charge on any atom is 0.332 e. The van der Waals surface area contributed by atoms with E-state index in [4.69, 9.17) is 0 Å². The third-order valence-corrected chi connectivity index (χ3v) is 5.46. The predicted octanol–water partition coefficient (Wildman–Crippen LogP) is -0.0646. The summed E-state index contributed by atoms with van der Waals surface area (Å²) >= 11 is 0. The molecule has 1 aromatic rings. The number of nitriles is 1. The first kappa shape index (κ1) is 17.3. The van der Waals surface area contributed by atoms with Gasteiger partial charge in [0, 0.05) is 34.1 Å². The van der Waals surface area contributed by atoms with Crippen molar-refractivity contribution in [3.8, 4) is 6.07 Å². The molecule has 2 fully saturated rings. The van der Waals surface area contributed by atoms with Crippen LogP contribution in [0.2, 0.25) is 0 Å². The Kier molecular flexibility index (Phi) is 4.41. The standard InChI is InChI=1S/C17H23N5O3/c1-11(23)21-8-4-6-13(21)14-7-5-9-22(14)15-12(10-18)16(24)20(3)17(25)19(15)2/h13-14H,4-9H2,1-3H3/t13-,14-/m1/s1. The molecule has 8 nitrogen and oxygen atoms in total. The number of rotatable bonds is 2. The summed E-state index contributed by atoms with van der Waals surface area (Å²) in [6.07, 6.45) is 3.64. The summed E-state index contributed by atoms with van der Waals surface area (Å²) in [5, 5.41) is 9.52. The van der Waals surface area contributed by atoms with Crippen molar-refractivity contribution in [1.29, 1.82) is 5.26 Å². The summed E-state index contributed by atoms with van der Waals surface area (Å²) in [6.45, 7) is 2.99. The number of hydrogen-bond acceptors (Lipinski definition) is 5. The molecule has 2 atom stereocenters. The lowest BCUT2D eigenvalue weighted by Gasteiger charge is -2.36. The van der Waals surface area contributed by atoms with Crippen molar-refractivity contribution < 1.29 is 4.79 Å². The van der Waals surface area contributed by atoms with E-state index in [0.717, 1.165) is 36.8 Å². The van der Waals surface area contributed by atoms with E-state index in [9.17, 15) is 19.6 Å². The number of nitrogens with zero attached hydrogens (tertiary/aromatic N) is 5. The SMILES string of the molecule is CC(=O)N1CCC[C@@H]1[C@H]1CCCN1c1c(C#N)c(=O)n(C)c(=O)n1C. The van der Waals surface area contributed by atoms with Crippen molar-refractivity contribution in [2.45, 2.75) is 44.7 Å². The molecule has 8 heteroatoms. The minimum Gasteiger partial charge on any atom is -0.352 e. The molecule has 25 heavy (non-hydrogen) atoms. The van der Waals surface area contributed by atoms with Crippen LogP contribution in [0.25, 0.3) is 0 Å². The number of amides is 1. The molecule has 3 rings (SSSR count).